The molecular formula is C12H11ClN4O3S. The molecule has 0 aliphatic carbocycles. The Morgan fingerprint density at radius 1 is 1.33 bits per heavy atom. The molecule has 1 heterocycles. The number of thioether (sulfide) groups is 1. The summed E-state index contributed by atoms with van der Waals surface area (Å²) in [5, 5.41) is 8.97. The second-order valence-corrected chi connectivity index (χ2v) is 5.43. The van der Waals surface area contributed by atoms with Crippen LogP contribution >= 0.6 is 23.4 Å². The van der Waals surface area contributed by atoms with Gasteiger partial charge in [0.05, 0.1) is 10.7 Å². The van der Waals surface area contributed by atoms with Crippen LogP contribution < -0.4 is 16.6 Å². The zero-order valence-corrected chi connectivity index (χ0v) is 12.3. The molecule has 0 aliphatic rings. The van der Waals surface area contributed by atoms with Crippen molar-refractivity contribution in [1.29, 1.82) is 0 Å². The van der Waals surface area contributed by atoms with Crippen LogP contribution in [0.3, 0.4) is 0 Å². The van der Waals surface area contributed by atoms with Gasteiger partial charge in [-0.05, 0) is 12.1 Å². The number of benzene rings is 1. The molecule has 3 N–H and O–H groups in total. The van der Waals surface area contributed by atoms with Crippen LogP contribution in [0.25, 0.3) is 0 Å². The maximum absolute atomic E-state index is 11.7. The second kappa shape index (κ2) is 7.09. The van der Waals surface area contributed by atoms with Gasteiger partial charge in [-0.3, -0.25) is 14.6 Å². The Labute approximate surface area is 128 Å². The van der Waals surface area contributed by atoms with Crippen molar-refractivity contribution in [1.82, 2.24) is 15.2 Å². The number of halogens is 1. The molecule has 7 nitrogen and oxygen atoms in total. The molecule has 2 aromatic rings. The fraction of sp³-hybridized carbons (Fsp3) is 0.167. The van der Waals surface area contributed by atoms with Crippen molar-refractivity contribution < 1.29 is 4.79 Å². The summed E-state index contributed by atoms with van der Waals surface area (Å²) in [6, 6.07) is 6.90. The molecule has 0 saturated heterocycles. The highest BCUT2D eigenvalue weighted by Gasteiger charge is 2.08. The minimum absolute atomic E-state index is 0.111. The topological polar surface area (TPSA) is 108 Å². The van der Waals surface area contributed by atoms with Crippen LogP contribution in [-0.2, 0) is 4.79 Å². The summed E-state index contributed by atoms with van der Waals surface area (Å²) in [5.74, 6) is 0.120. The fourth-order valence-electron chi connectivity index (χ4n) is 1.45. The number of hydrogen-bond acceptors (Lipinski definition) is 5. The van der Waals surface area contributed by atoms with Crippen molar-refractivity contribution in [3.8, 4) is 0 Å². The number of carbonyl (C=O) groups is 1. The van der Waals surface area contributed by atoms with E-state index in [1.807, 2.05) is 0 Å². The molecule has 110 valence electrons. The van der Waals surface area contributed by atoms with Crippen LogP contribution in [0, 0.1) is 0 Å². The van der Waals surface area contributed by atoms with Crippen molar-refractivity contribution in [3.05, 3.63) is 50.1 Å². The van der Waals surface area contributed by atoms with Gasteiger partial charge in [-0.25, -0.2) is 9.89 Å². The van der Waals surface area contributed by atoms with Gasteiger partial charge >= 0.3 is 5.69 Å². The first-order valence-corrected chi connectivity index (χ1v) is 7.29. The van der Waals surface area contributed by atoms with Gasteiger partial charge in [-0.15, -0.1) is 0 Å². The summed E-state index contributed by atoms with van der Waals surface area (Å²) < 4.78 is 0. The number of H-pyrrole nitrogens is 2. The highest BCUT2D eigenvalue weighted by Crippen LogP contribution is 2.20. The lowest BCUT2D eigenvalue weighted by Gasteiger charge is -2.06. The SMILES string of the molecule is O=C(CCSc1n[nH]c(=O)[nH]c1=O)Nc1ccccc1Cl. The standard InChI is InChI=1S/C12H11ClN4O3S/c13-7-3-1-2-4-8(7)14-9(18)5-6-21-11-10(19)15-12(20)17-16-11/h1-4H,5-6H2,(H,14,18)(H2,15,17,19,20). The van der Waals surface area contributed by atoms with E-state index in [2.05, 4.69) is 20.5 Å². The molecule has 0 fully saturated rings. The third-order valence-corrected chi connectivity index (χ3v) is 3.68. The van der Waals surface area contributed by atoms with Gasteiger partial charge in [0.15, 0.2) is 5.03 Å². The quantitative estimate of drug-likeness (QED) is 0.716. The monoisotopic (exact) mass is 326 g/mol. The van der Waals surface area contributed by atoms with E-state index < -0.39 is 11.2 Å². The summed E-state index contributed by atoms with van der Waals surface area (Å²) >= 11 is 7.00. The molecular weight excluding hydrogens is 316 g/mol. The molecule has 1 aromatic carbocycles. The van der Waals surface area contributed by atoms with E-state index in [1.165, 1.54) is 0 Å². The van der Waals surface area contributed by atoms with Gasteiger partial charge in [0.25, 0.3) is 5.56 Å². The lowest BCUT2D eigenvalue weighted by atomic mass is 10.3. The van der Waals surface area contributed by atoms with Gasteiger partial charge in [0.1, 0.15) is 0 Å². The Balaban J connectivity index is 1.86. The van der Waals surface area contributed by atoms with E-state index in [0.29, 0.717) is 16.5 Å². The molecule has 2 rings (SSSR count). The minimum atomic E-state index is -0.666. The molecule has 0 unspecified atom stereocenters. The number of amides is 1. The first-order chi connectivity index (χ1) is 10.1. The van der Waals surface area contributed by atoms with Crippen molar-refractivity contribution >= 4 is 35.0 Å². The largest absolute Gasteiger partial charge is 0.342 e. The number of anilines is 1. The Hall–Kier alpha value is -2.06. The van der Waals surface area contributed by atoms with Gasteiger partial charge in [0, 0.05) is 12.2 Å². The molecule has 9 heteroatoms. The number of aromatic nitrogens is 3. The van der Waals surface area contributed by atoms with E-state index >= 15 is 0 Å². The van der Waals surface area contributed by atoms with Crippen LogP contribution in [0.15, 0.2) is 38.9 Å². The first kappa shape index (κ1) is 15.3. The Morgan fingerprint density at radius 2 is 2.10 bits per heavy atom. The summed E-state index contributed by atoms with van der Waals surface area (Å²) in [7, 11) is 0. The third-order valence-electron chi connectivity index (χ3n) is 2.40. The van der Waals surface area contributed by atoms with Crippen molar-refractivity contribution in [2.24, 2.45) is 0 Å². The zero-order valence-electron chi connectivity index (χ0n) is 10.7. The lowest BCUT2D eigenvalue weighted by Crippen LogP contribution is -2.25. The molecule has 0 atom stereocenters. The first-order valence-electron chi connectivity index (χ1n) is 5.92. The highest BCUT2D eigenvalue weighted by molar-refractivity contribution is 7.99. The van der Waals surface area contributed by atoms with E-state index in [9.17, 15) is 14.4 Å². The van der Waals surface area contributed by atoms with E-state index in [4.69, 9.17) is 11.6 Å². The minimum Gasteiger partial charge on any atom is -0.325 e. The Kier molecular flexibility index (Phi) is 5.18. The molecule has 0 bridgehead atoms. The number of para-hydroxylation sites is 1. The summed E-state index contributed by atoms with van der Waals surface area (Å²) in [5.41, 5.74) is -0.703. The molecule has 0 saturated carbocycles. The average Bonchev–Trinajstić information content (AvgIpc) is 2.44. The predicted octanol–water partition coefficient (Wildman–Crippen LogP) is 1.23. The molecule has 1 aromatic heterocycles. The molecule has 21 heavy (non-hydrogen) atoms. The van der Waals surface area contributed by atoms with Crippen LogP contribution in [0.1, 0.15) is 6.42 Å². The van der Waals surface area contributed by atoms with E-state index in [1.54, 1.807) is 24.3 Å². The van der Waals surface area contributed by atoms with Crippen LogP contribution in [-0.4, -0.2) is 26.8 Å². The van der Waals surface area contributed by atoms with E-state index in [0.717, 1.165) is 11.8 Å². The van der Waals surface area contributed by atoms with Gasteiger partial charge in [0.2, 0.25) is 5.91 Å². The Bertz CT molecular complexity index is 758. The van der Waals surface area contributed by atoms with Crippen molar-refractivity contribution in [2.45, 2.75) is 11.4 Å². The number of nitrogens with zero attached hydrogens (tertiary/aromatic N) is 1. The molecule has 0 aliphatic heterocycles. The number of aromatic amines is 2. The smallest absolute Gasteiger partial charge is 0.325 e. The molecule has 0 radical (unpaired) electrons. The lowest BCUT2D eigenvalue weighted by molar-refractivity contribution is -0.115. The number of carbonyl (C=O) groups excluding carboxylic acids is 1. The predicted molar refractivity (Wildman–Crippen MR) is 80.9 cm³/mol. The van der Waals surface area contributed by atoms with Crippen LogP contribution in [0.5, 0.6) is 0 Å². The fourth-order valence-corrected chi connectivity index (χ4v) is 2.41. The number of nitrogens with one attached hydrogen (secondary N) is 3. The number of hydrogen-bond donors (Lipinski definition) is 3. The van der Waals surface area contributed by atoms with Gasteiger partial charge in [-0.2, -0.15) is 5.10 Å². The van der Waals surface area contributed by atoms with Crippen LogP contribution in [0.2, 0.25) is 5.02 Å². The zero-order chi connectivity index (χ0) is 15.2. The highest BCUT2D eigenvalue weighted by atomic mass is 35.5. The third kappa shape index (κ3) is 4.47. The van der Waals surface area contributed by atoms with Crippen molar-refractivity contribution in [3.63, 3.8) is 0 Å². The van der Waals surface area contributed by atoms with Gasteiger partial charge in [-0.1, -0.05) is 35.5 Å². The maximum Gasteiger partial charge on any atom is 0.342 e. The normalized spacial score (nSPS) is 10.3. The molecule has 0 spiro atoms. The maximum atomic E-state index is 11.7. The van der Waals surface area contributed by atoms with E-state index in [-0.39, 0.29) is 17.4 Å². The molecule has 1 amide bonds. The summed E-state index contributed by atoms with van der Waals surface area (Å²) in [6.45, 7) is 0. The van der Waals surface area contributed by atoms with Crippen LogP contribution in [0.4, 0.5) is 5.69 Å². The summed E-state index contributed by atoms with van der Waals surface area (Å²) in [6.07, 6.45) is 0.177. The average molecular weight is 327 g/mol. The second-order valence-electron chi connectivity index (χ2n) is 3.94. The Morgan fingerprint density at radius 3 is 2.81 bits per heavy atom. The number of rotatable bonds is 5. The van der Waals surface area contributed by atoms with Gasteiger partial charge < -0.3 is 5.32 Å². The summed E-state index contributed by atoms with van der Waals surface area (Å²) in [4.78, 5) is 36.0. The van der Waals surface area contributed by atoms with Crippen molar-refractivity contribution in [2.75, 3.05) is 11.1 Å².